The smallest absolute Gasteiger partial charge is 0.427 e. The summed E-state index contributed by atoms with van der Waals surface area (Å²) in [5.41, 5.74) is 2.67. The van der Waals surface area contributed by atoms with Crippen LogP contribution in [0.25, 0.3) is 0 Å². The molecule has 1 rings (SSSR count). The minimum Gasteiger partial charge on any atom is -0.452 e. The molecular weight excluding hydrogens is 239 g/mol. The number of benzene rings is 1. The Morgan fingerprint density at radius 3 is 2.60 bits per heavy atom. The van der Waals surface area contributed by atoms with E-state index in [-0.39, 0.29) is 0 Å². The van der Waals surface area contributed by atoms with Gasteiger partial charge in [0.2, 0.25) is 0 Å². The van der Waals surface area contributed by atoms with Gasteiger partial charge in [0.1, 0.15) is 0 Å². The topological polar surface area (TPSA) is 50.7 Å². The molecule has 0 radical (unpaired) electrons. The third kappa shape index (κ3) is 3.42. The molecule has 0 spiro atoms. The second-order valence-electron chi connectivity index (χ2n) is 2.50. The van der Waals surface area contributed by atoms with Crippen LogP contribution >= 0.6 is 23.2 Å². The van der Waals surface area contributed by atoms with Crippen LogP contribution in [0, 0.1) is 0 Å². The van der Waals surface area contributed by atoms with Gasteiger partial charge in [0.05, 0.1) is 23.4 Å². The number of halogens is 2. The molecule has 1 N–H and O–H groups in total. The highest BCUT2D eigenvalue weighted by Crippen LogP contribution is 2.21. The molecule has 0 aliphatic rings. The van der Waals surface area contributed by atoms with E-state index in [0.717, 1.165) is 0 Å². The lowest BCUT2D eigenvalue weighted by molar-refractivity contribution is 0.171. The van der Waals surface area contributed by atoms with E-state index in [1.807, 2.05) is 0 Å². The summed E-state index contributed by atoms with van der Waals surface area (Å²) >= 11 is 11.7. The fourth-order valence-electron chi connectivity index (χ4n) is 0.829. The van der Waals surface area contributed by atoms with Gasteiger partial charge in [0.15, 0.2) is 0 Å². The Hall–Kier alpha value is -1.26. The average molecular weight is 247 g/mol. The molecule has 0 unspecified atom stereocenters. The van der Waals surface area contributed by atoms with Gasteiger partial charge < -0.3 is 4.74 Å². The number of amides is 1. The van der Waals surface area contributed by atoms with Crippen LogP contribution < -0.4 is 5.43 Å². The molecule has 15 heavy (non-hydrogen) atoms. The number of hydrogen-bond donors (Lipinski definition) is 1. The molecule has 1 amide bonds. The quantitative estimate of drug-likeness (QED) is 0.645. The number of ether oxygens (including phenoxy) is 1. The van der Waals surface area contributed by atoms with Crippen molar-refractivity contribution in [3.8, 4) is 0 Å². The predicted octanol–water partition coefficient (Wildman–Crippen LogP) is 2.68. The molecule has 0 bridgehead atoms. The van der Waals surface area contributed by atoms with Gasteiger partial charge in [-0.05, 0) is 12.1 Å². The van der Waals surface area contributed by atoms with Crippen LogP contribution in [-0.2, 0) is 4.74 Å². The zero-order chi connectivity index (χ0) is 11.3. The van der Waals surface area contributed by atoms with Gasteiger partial charge in [-0.15, -0.1) is 0 Å². The SMILES string of the molecule is COC(=O)NN=Cc1c(Cl)cccc1Cl. The van der Waals surface area contributed by atoms with E-state index in [4.69, 9.17) is 23.2 Å². The van der Waals surface area contributed by atoms with Crippen molar-refractivity contribution in [1.29, 1.82) is 0 Å². The van der Waals surface area contributed by atoms with Gasteiger partial charge in [-0.3, -0.25) is 0 Å². The number of hydrazone groups is 1. The van der Waals surface area contributed by atoms with Gasteiger partial charge in [-0.25, -0.2) is 10.2 Å². The predicted molar refractivity (Wildman–Crippen MR) is 59.6 cm³/mol. The molecule has 4 nitrogen and oxygen atoms in total. The highest BCUT2D eigenvalue weighted by molar-refractivity contribution is 6.38. The summed E-state index contributed by atoms with van der Waals surface area (Å²) in [6.45, 7) is 0. The Labute approximate surface area is 96.8 Å². The summed E-state index contributed by atoms with van der Waals surface area (Å²) in [5.74, 6) is 0. The van der Waals surface area contributed by atoms with Crippen molar-refractivity contribution in [2.45, 2.75) is 0 Å². The van der Waals surface area contributed by atoms with Crippen molar-refractivity contribution in [3.05, 3.63) is 33.8 Å². The van der Waals surface area contributed by atoms with Gasteiger partial charge >= 0.3 is 6.09 Å². The average Bonchev–Trinajstić information content (AvgIpc) is 2.22. The van der Waals surface area contributed by atoms with E-state index < -0.39 is 6.09 Å². The fourth-order valence-corrected chi connectivity index (χ4v) is 1.32. The highest BCUT2D eigenvalue weighted by Gasteiger charge is 2.02. The first-order chi connectivity index (χ1) is 7.15. The van der Waals surface area contributed by atoms with Gasteiger partial charge in [-0.2, -0.15) is 5.10 Å². The van der Waals surface area contributed by atoms with Gasteiger partial charge in [-0.1, -0.05) is 29.3 Å². The minimum atomic E-state index is -0.658. The zero-order valence-electron chi connectivity index (χ0n) is 7.83. The first-order valence-corrected chi connectivity index (χ1v) is 4.71. The summed E-state index contributed by atoms with van der Waals surface area (Å²) in [7, 11) is 1.24. The van der Waals surface area contributed by atoms with E-state index in [9.17, 15) is 4.79 Å². The summed E-state index contributed by atoms with van der Waals surface area (Å²) in [6, 6.07) is 5.07. The van der Waals surface area contributed by atoms with Crippen molar-refractivity contribution in [3.63, 3.8) is 0 Å². The molecule has 0 aromatic heterocycles. The standard InChI is InChI=1S/C9H8Cl2N2O2/c1-15-9(14)13-12-5-6-7(10)3-2-4-8(6)11/h2-5H,1H3,(H,13,14). The number of carbonyl (C=O) groups excluding carboxylic acids is 1. The molecule has 1 aromatic carbocycles. The molecule has 0 heterocycles. The van der Waals surface area contributed by atoms with E-state index >= 15 is 0 Å². The molecule has 0 saturated heterocycles. The Balaban J connectivity index is 2.76. The highest BCUT2D eigenvalue weighted by atomic mass is 35.5. The van der Waals surface area contributed by atoms with Crippen molar-refractivity contribution in [2.24, 2.45) is 5.10 Å². The molecule has 80 valence electrons. The third-order valence-electron chi connectivity index (χ3n) is 1.53. The zero-order valence-corrected chi connectivity index (χ0v) is 9.34. The summed E-state index contributed by atoms with van der Waals surface area (Å²) in [5, 5.41) is 4.53. The fraction of sp³-hybridized carbons (Fsp3) is 0.111. The van der Waals surface area contributed by atoms with E-state index in [2.05, 4.69) is 15.3 Å². The molecule has 1 aromatic rings. The summed E-state index contributed by atoms with van der Waals surface area (Å²) < 4.78 is 4.32. The monoisotopic (exact) mass is 246 g/mol. The van der Waals surface area contributed by atoms with Crippen molar-refractivity contribution in [2.75, 3.05) is 7.11 Å². The second-order valence-corrected chi connectivity index (χ2v) is 3.31. The Morgan fingerprint density at radius 2 is 2.07 bits per heavy atom. The van der Waals surface area contributed by atoms with E-state index in [0.29, 0.717) is 15.6 Å². The molecule has 0 atom stereocenters. The summed E-state index contributed by atoms with van der Waals surface area (Å²) in [4.78, 5) is 10.7. The van der Waals surface area contributed by atoms with Crippen LogP contribution in [-0.4, -0.2) is 19.4 Å². The normalized spacial score (nSPS) is 10.3. The number of nitrogens with zero attached hydrogens (tertiary/aromatic N) is 1. The summed E-state index contributed by atoms with van der Waals surface area (Å²) in [6.07, 6.45) is 0.691. The van der Waals surface area contributed by atoms with E-state index in [1.54, 1.807) is 18.2 Å². The number of nitrogens with one attached hydrogen (secondary N) is 1. The Kier molecular flexibility index (Phi) is 4.39. The minimum absolute atomic E-state index is 0.456. The Bertz CT molecular complexity index is 373. The Morgan fingerprint density at radius 1 is 1.47 bits per heavy atom. The molecule has 0 saturated carbocycles. The molecule has 0 aliphatic carbocycles. The number of hydrogen-bond acceptors (Lipinski definition) is 3. The lowest BCUT2D eigenvalue weighted by Crippen LogP contribution is -2.16. The second kappa shape index (κ2) is 5.58. The van der Waals surface area contributed by atoms with Crippen LogP contribution in [0.15, 0.2) is 23.3 Å². The maximum atomic E-state index is 10.7. The molecular formula is C9H8Cl2N2O2. The first-order valence-electron chi connectivity index (χ1n) is 3.96. The first kappa shape index (κ1) is 11.8. The lowest BCUT2D eigenvalue weighted by Gasteiger charge is -2.00. The molecule has 0 fully saturated rings. The van der Waals surface area contributed by atoms with Gasteiger partial charge in [0, 0.05) is 5.56 Å². The number of rotatable bonds is 2. The van der Waals surface area contributed by atoms with Crippen LogP contribution in [0.5, 0.6) is 0 Å². The third-order valence-corrected chi connectivity index (χ3v) is 2.19. The number of carbonyl (C=O) groups is 1. The van der Waals surface area contributed by atoms with Crippen LogP contribution in [0.4, 0.5) is 4.79 Å². The number of methoxy groups -OCH3 is 1. The maximum Gasteiger partial charge on any atom is 0.427 e. The molecule has 6 heteroatoms. The van der Waals surface area contributed by atoms with E-state index in [1.165, 1.54) is 13.3 Å². The maximum absolute atomic E-state index is 10.7. The van der Waals surface area contributed by atoms with Crippen LogP contribution in [0.2, 0.25) is 10.0 Å². The van der Waals surface area contributed by atoms with Crippen molar-refractivity contribution in [1.82, 2.24) is 5.43 Å². The lowest BCUT2D eigenvalue weighted by atomic mass is 10.2. The molecule has 0 aliphatic heterocycles. The largest absolute Gasteiger partial charge is 0.452 e. The van der Waals surface area contributed by atoms with Crippen molar-refractivity contribution >= 4 is 35.5 Å². The van der Waals surface area contributed by atoms with Crippen molar-refractivity contribution < 1.29 is 9.53 Å². The van der Waals surface area contributed by atoms with Crippen LogP contribution in [0.3, 0.4) is 0 Å². The van der Waals surface area contributed by atoms with Gasteiger partial charge in [0.25, 0.3) is 0 Å². The van der Waals surface area contributed by atoms with Crippen LogP contribution in [0.1, 0.15) is 5.56 Å².